The van der Waals surface area contributed by atoms with Crippen molar-refractivity contribution in [2.75, 3.05) is 20.0 Å². The topological polar surface area (TPSA) is 127 Å². The molecule has 5 atom stereocenters. The van der Waals surface area contributed by atoms with Gasteiger partial charge in [-0.3, -0.25) is 0 Å². The van der Waals surface area contributed by atoms with Crippen molar-refractivity contribution < 1.29 is 46.1 Å². The lowest BCUT2D eigenvalue weighted by Crippen LogP contribution is -2.66. The van der Waals surface area contributed by atoms with Gasteiger partial charge >= 0.3 is 5.97 Å². The third-order valence-electron chi connectivity index (χ3n) is 10.1. The third kappa shape index (κ3) is 11.1. The minimum atomic E-state index is -3.84. The molecular formula is C39H62O10SSi2. The summed E-state index contributed by atoms with van der Waals surface area (Å²) in [5.41, 5.74) is 0.213. The van der Waals surface area contributed by atoms with Gasteiger partial charge in [0.15, 0.2) is 26.5 Å². The molecule has 2 aromatic carbocycles. The third-order valence-corrected chi connectivity index (χ3v) is 17.6. The molecule has 0 radical (unpaired) electrons. The lowest BCUT2D eigenvalue weighted by molar-refractivity contribution is -0.339. The molecule has 13 heteroatoms. The fourth-order valence-electron chi connectivity index (χ4n) is 6.34. The summed E-state index contributed by atoms with van der Waals surface area (Å²) in [5.74, 6) is -2.41. The first kappa shape index (κ1) is 44.0. The molecule has 0 unspecified atom stereocenters. The Labute approximate surface area is 314 Å². The number of rotatable bonds is 17. The molecule has 0 spiro atoms. The molecule has 10 nitrogen and oxygen atoms in total. The number of hydrogen-bond acceptors (Lipinski definition) is 9. The van der Waals surface area contributed by atoms with E-state index in [0.29, 0.717) is 18.6 Å². The summed E-state index contributed by atoms with van der Waals surface area (Å²) in [5, 5.41) is 10.0. The monoisotopic (exact) mass is 778 g/mol. The van der Waals surface area contributed by atoms with Gasteiger partial charge in [-0.15, -0.1) is 0 Å². The predicted molar refractivity (Wildman–Crippen MR) is 209 cm³/mol. The van der Waals surface area contributed by atoms with Crippen molar-refractivity contribution in [1.82, 2.24) is 0 Å². The predicted octanol–water partition coefficient (Wildman–Crippen LogP) is 8.24. The van der Waals surface area contributed by atoms with Gasteiger partial charge in [-0.2, -0.15) is 0 Å². The maximum Gasteiger partial charge on any atom is 0.328 e. The van der Waals surface area contributed by atoms with Gasteiger partial charge in [-0.05, 0) is 86.5 Å². The van der Waals surface area contributed by atoms with Crippen molar-refractivity contribution >= 4 is 32.4 Å². The molecule has 52 heavy (non-hydrogen) atoms. The van der Waals surface area contributed by atoms with Gasteiger partial charge in [-0.1, -0.05) is 65.0 Å². The zero-order chi connectivity index (χ0) is 39.3. The Morgan fingerprint density at radius 2 is 1.60 bits per heavy atom. The minimum Gasteiger partial charge on any atom is -0.497 e. The number of carboxylic acid groups (broad SMARTS) is 1. The first-order valence-corrected chi connectivity index (χ1v) is 25.9. The van der Waals surface area contributed by atoms with E-state index in [1.54, 1.807) is 51.3 Å². The van der Waals surface area contributed by atoms with Crippen molar-refractivity contribution in [2.24, 2.45) is 5.41 Å². The van der Waals surface area contributed by atoms with Crippen LogP contribution in [-0.4, -0.2) is 86.3 Å². The highest BCUT2D eigenvalue weighted by molar-refractivity contribution is 7.91. The summed E-state index contributed by atoms with van der Waals surface area (Å²) in [7, 11) is -5.51. The van der Waals surface area contributed by atoms with Gasteiger partial charge in [0.05, 0.1) is 42.7 Å². The second-order valence-electron chi connectivity index (χ2n) is 17.0. The van der Waals surface area contributed by atoms with Crippen molar-refractivity contribution in [3.63, 3.8) is 0 Å². The summed E-state index contributed by atoms with van der Waals surface area (Å²) < 4.78 is 66.8. The highest BCUT2D eigenvalue weighted by Gasteiger charge is 2.60. The molecule has 292 valence electrons. The number of ether oxygens (including phenoxy) is 4. The molecule has 0 saturated carbocycles. The van der Waals surface area contributed by atoms with Crippen LogP contribution in [0, 0.1) is 5.41 Å². The van der Waals surface area contributed by atoms with E-state index in [2.05, 4.69) is 33.9 Å². The van der Waals surface area contributed by atoms with E-state index in [0.717, 1.165) is 11.3 Å². The second-order valence-corrected chi connectivity index (χ2v) is 28.2. The van der Waals surface area contributed by atoms with Crippen LogP contribution in [0.5, 0.6) is 5.75 Å². The SMILES string of the molecule is COc1ccc(CO[C@H](C)[C@@H](C[C@@H]2C/C(=C\C(=O)O)[C@H](O[Si](C)(C)C)[C@](OC)(C(C)(C)CS(=O)(=O)c3ccccc3)O2)O[Si](C)(C)C(C)(C)C)cc1. The molecule has 1 saturated heterocycles. The van der Waals surface area contributed by atoms with Crippen molar-refractivity contribution in [3.8, 4) is 5.75 Å². The summed E-state index contributed by atoms with van der Waals surface area (Å²) >= 11 is 0. The number of sulfone groups is 1. The average molecular weight is 779 g/mol. The summed E-state index contributed by atoms with van der Waals surface area (Å²) in [6, 6.07) is 16.0. The summed E-state index contributed by atoms with van der Waals surface area (Å²) in [6.07, 6.45) is -0.727. The molecule has 1 aliphatic rings. The Bertz CT molecular complexity index is 1610. The summed E-state index contributed by atoms with van der Waals surface area (Å²) in [4.78, 5) is 12.6. The van der Waals surface area contributed by atoms with Gasteiger partial charge in [-0.25, -0.2) is 13.2 Å². The van der Waals surface area contributed by atoms with Crippen LogP contribution in [0.4, 0.5) is 0 Å². The number of methoxy groups -OCH3 is 2. The van der Waals surface area contributed by atoms with Crippen LogP contribution >= 0.6 is 0 Å². The molecule has 1 aliphatic heterocycles. The van der Waals surface area contributed by atoms with Crippen LogP contribution in [0.2, 0.25) is 37.8 Å². The number of hydrogen-bond donors (Lipinski definition) is 1. The second kappa shape index (κ2) is 17.0. The Morgan fingerprint density at radius 1 is 1.00 bits per heavy atom. The van der Waals surface area contributed by atoms with E-state index in [9.17, 15) is 18.3 Å². The zero-order valence-electron chi connectivity index (χ0n) is 33.4. The Kier molecular flexibility index (Phi) is 14.4. The highest BCUT2D eigenvalue weighted by Crippen LogP contribution is 2.50. The minimum absolute atomic E-state index is 0.108. The van der Waals surface area contributed by atoms with Gasteiger partial charge < -0.3 is 32.9 Å². The first-order valence-electron chi connectivity index (χ1n) is 17.9. The smallest absolute Gasteiger partial charge is 0.328 e. The zero-order valence-corrected chi connectivity index (χ0v) is 36.3. The molecule has 2 aromatic rings. The highest BCUT2D eigenvalue weighted by atomic mass is 32.2. The average Bonchev–Trinajstić information content (AvgIpc) is 3.03. The van der Waals surface area contributed by atoms with Gasteiger partial charge in [0, 0.05) is 25.0 Å². The summed E-state index contributed by atoms with van der Waals surface area (Å²) in [6.45, 7) is 22.8. The maximum absolute atomic E-state index is 13.9. The van der Waals surface area contributed by atoms with Crippen LogP contribution < -0.4 is 4.74 Å². The fraction of sp³-hybridized carbons (Fsp3) is 0.615. The number of aliphatic carboxylic acids is 1. The largest absolute Gasteiger partial charge is 0.497 e. The number of carboxylic acids is 1. The Balaban J connectivity index is 2.12. The lowest BCUT2D eigenvalue weighted by atomic mass is 9.75. The lowest BCUT2D eigenvalue weighted by Gasteiger charge is -2.55. The molecule has 1 N–H and O–H groups in total. The molecule has 0 aliphatic carbocycles. The standard InChI is InChI=1S/C39H62O10SSi2/c1-28(46-26-29-19-21-31(44-7)22-20-29)34(48-52(12,13)37(2,3)4)25-32-23-30(24-35(40)41)36(49-51(9,10)11)39(45-8,47-32)38(5,6)27-50(42,43)33-17-15-14-16-18-33/h14-22,24,28,32,34,36H,23,25-27H2,1-13H3,(H,40,41)/b30-24+/t28-,32+,34-,36+,39-/m1/s1. The quantitative estimate of drug-likeness (QED) is 0.124. The van der Waals surface area contributed by atoms with E-state index in [4.69, 9.17) is 27.8 Å². The van der Waals surface area contributed by atoms with Gasteiger partial charge in [0.1, 0.15) is 11.9 Å². The van der Waals surface area contributed by atoms with Crippen LogP contribution in [-0.2, 0) is 44.3 Å². The molecular weight excluding hydrogens is 717 g/mol. The normalized spacial score (nSPS) is 22.6. The van der Waals surface area contributed by atoms with Crippen molar-refractivity contribution in [1.29, 1.82) is 0 Å². The molecule has 0 amide bonds. The van der Waals surface area contributed by atoms with E-state index >= 15 is 0 Å². The Morgan fingerprint density at radius 3 is 2.10 bits per heavy atom. The maximum atomic E-state index is 13.9. The molecule has 1 heterocycles. The van der Waals surface area contributed by atoms with Crippen molar-refractivity contribution in [3.05, 3.63) is 71.8 Å². The van der Waals surface area contributed by atoms with E-state index in [1.165, 1.54) is 13.2 Å². The van der Waals surface area contributed by atoms with Crippen molar-refractivity contribution in [2.45, 2.75) is 134 Å². The first-order chi connectivity index (χ1) is 23.9. The van der Waals surface area contributed by atoms with Crippen LogP contribution in [0.3, 0.4) is 0 Å². The van der Waals surface area contributed by atoms with Crippen LogP contribution in [0.25, 0.3) is 0 Å². The van der Waals surface area contributed by atoms with E-state index < -0.39 is 62.0 Å². The van der Waals surface area contributed by atoms with E-state index in [1.807, 2.05) is 50.8 Å². The number of benzene rings is 2. The van der Waals surface area contributed by atoms with Crippen LogP contribution in [0.1, 0.15) is 59.9 Å². The van der Waals surface area contributed by atoms with Crippen LogP contribution in [0.15, 0.2) is 71.1 Å². The Hall–Kier alpha value is -2.37. The molecule has 0 bridgehead atoms. The van der Waals surface area contributed by atoms with Gasteiger partial charge in [0.2, 0.25) is 5.79 Å². The molecule has 0 aromatic heterocycles. The molecule has 3 rings (SSSR count). The van der Waals surface area contributed by atoms with E-state index in [-0.39, 0.29) is 28.2 Å². The number of carbonyl (C=O) groups is 1. The molecule has 1 fully saturated rings. The van der Waals surface area contributed by atoms with Gasteiger partial charge in [0.25, 0.3) is 0 Å². The fourth-order valence-corrected chi connectivity index (χ4v) is 10.6.